The summed E-state index contributed by atoms with van der Waals surface area (Å²) in [5.41, 5.74) is 0. The molecule has 0 aromatic carbocycles. The van der Waals surface area contributed by atoms with Crippen molar-refractivity contribution in [2.45, 2.75) is 0 Å². The fourth-order valence-corrected chi connectivity index (χ4v) is 0.269. The van der Waals surface area contributed by atoms with Crippen LogP contribution in [0, 0.1) is 0 Å². The maximum Gasteiger partial charge on any atom is 0.284 e. The molecule has 1 aliphatic heterocycles. The molecule has 0 saturated carbocycles. The number of hydrogen-bond donors (Lipinski definition) is 3. The Morgan fingerprint density at radius 3 is 1.10 bits per heavy atom. The van der Waals surface area contributed by atoms with E-state index in [1.807, 2.05) is 26.0 Å². The lowest BCUT2D eigenvalue weighted by atomic mass is 9.85. The first kappa shape index (κ1) is 10.0. The van der Waals surface area contributed by atoms with Gasteiger partial charge in [-0.25, -0.2) is 0 Å². The van der Waals surface area contributed by atoms with Crippen LogP contribution >= 0.6 is 0 Å². The maximum atomic E-state index is 2.78. The zero-order valence-corrected chi connectivity index (χ0v) is 6.68. The Bertz CT molecular complexity index is 52.5. The molecule has 0 spiro atoms. The molecule has 3 radical (unpaired) electrons. The lowest BCUT2D eigenvalue weighted by Gasteiger charge is -2.07. The second-order valence-corrected chi connectivity index (χ2v) is 2.27. The highest BCUT2D eigenvalue weighted by molar-refractivity contribution is 6.65. The van der Waals surface area contributed by atoms with Gasteiger partial charge in [0.1, 0.15) is 0 Å². The molecule has 7 heteroatoms. The Kier molecular flexibility index (Phi) is 7.17. The molecule has 1 saturated heterocycles. The lowest BCUT2D eigenvalue weighted by molar-refractivity contribution is 0.505. The molecule has 0 aliphatic carbocycles. The van der Waals surface area contributed by atoms with Crippen LogP contribution in [-0.4, -0.2) is 48.7 Å². The van der Waals surface area contributed by atoms with Gasteiger partial charge < -0.3 is 20.3 Å². The van der Waals surface area contributed by atoms with E-state index in [1.165, 1.54) is 0 Å². The Morgan fingerprint density at radius 2 is 1.00 bits per heavy atom. The number of rotatable bonds is 0. The molecule has 0 unspecified atom stereocenters. The monoisotopic (exact) mass is 137 g/mol. The third kappa shape index (κ3) is 10.9. The van der Waals surface area contributed by atoms with Gasteiger partial charge in [-0.15, -0.1) is 0 Å². The van der Waals surface area contributed by atoms with Crippen LogP contribution in [0.2, 0.25) is 0 Å². The van der Waals surface area contributed by atoms with Gasteiger partial charge >= 0.3 is 0 Å². The summed E-state index contributed by atoms with van der Waals surface area (Å²) >= 11 is 0. The lowest BCUT2D eigenvalue weighted by Crippen LogP contribution is -2.55. The third-order valence-electron chi connectivity index (χ3n) is 0.500. The average molecular weight is 137 g/mol. The fraction of sp³-hybridized carbons (Fsp3) is 1.00. The summed E-state index contributed by atoms with van der Waals surface area (Å²) in [7, 11) is 11.2. The molecule has 0 amide bonds. The quantitative estimate of drug-likeness (QED) is 0.324. The minimum atomic E-state index is 1.72. The maximum absolute atomic E-state index is 2.78. The zero-order valence-electron chi connectivity index (χ0n) is 6.68. The van der Waals surface area contributed by atoms with Crippen LogP contribution in [0.3, 0.4) is 0 Å². The Morgan fingerprint density at radius 1 is 0.800 bits per heavy atom. The van der Waals surface area contributed by atoms with Crippen molar-refractivity contribution in [1.82, 2.24) is 20.3 Å². The van der Waals surface area contributed by atoms with E-state index < -0.39 is 0 Å². The van der Waals surface area contributed by atoms with Crippen molar-refractivity contribution in [3.8, 4) is 0 Å². The predicted molar refractivity (Wildman–Crippen MR) is 46.3 cm³/mol. The predicted octanol–water partition coefficient (Wildman–Crippen LogP) is -2.45. The van der Waals surface area contributed by atoms with E-state index in [0.29, 0.717) is 0 Å². The molecule has 3 N–H and O–H groups in total. The fourth-order valence-electron chi connectivity index (χ4n) is 0.269. The van der Waals surface area contributed by atoms with E-state index in [1.54, 1.807) is 22.6 Å². The average Bonchev–Trinajstić information content (AvgIpc) is 1.90. The summed E-state index contributed by atoms with van der Waals surface area (Å²) in [5, 5.41) is 8.34. The SMILES string of the molecule is CN(C)C.[B]1N[B]N[B]N1. The topological polar surface area (TPSA) is 39.3 Å². The first-order valence-corrected chi connectivity index (χ1v) is 3.07. The molecule has 53 valence electrons. The summed E-state index contributed by atoms with van der Waals surface area (Å²) in [5.74, 6) is 0. The Hall–Kier alpha value is 0.0348. The van der Waals surface area contributed by atoms with Gasteiger partial charge in [0, 0.05) is 0 Å². The van der Waals surface area contributed by atoms with Crippen LogP contribution in [0.25, 0.3) is 0 Å². The molecule has 1 rings (SSSR count). The van der Waals surface area contributed by atoms with E-state index in [-0.39, 0.29) is 0 Å². The minimum Gasteiger partial charge on any atom is -0.379 e. The smallest absolute Gasteiger partial charge is 0.284 e. The first-order chi connectivity index (χ1) is 4.73. The molecule has 0 aromatic rings. The summed E-state index contributed by atoms with van der Waals surface area (Å²) in [6.45, 7) is 0. The molecule has 1 heterocycles. The van der Waals surface area contributed by atoms with Gasteiger partial charge in [0.25, 0.3) is 22.6 Å². The molecule has 1 aliphatic rings. The van der Waals surface area contributed by atoms with Crippen LogP contribution in [0.4, 0.5) is 0 Å². The largest absolute Gasteiger partial charge is 0.379 e. The summed E-state index contributed by atoms with van der Waals surface area (Å²) in [4.78, 5) is 2.00. The van der Waals surface area contributed by atoms with Gasteiger partial charge in [-0.05, 0) is 21.1 Å². The molecule has 1 fully saturated rings. The zero-order chi connectivity index (χ0) is 7.82. The van der Waals surface area contributed by atoms with E-state index in [4.69, 9.17) is 0 Å². The van der Waals surface area contributed by atoms with Crippen molar-refractivity contribution in [3.63, 3.8) is 0 Å². The molecular formula is C3H12B3N4. The minimum absolute atomic E-state index is 1.72. The van der Waals surface area contributed by atoms with Gasteiger partial charge in [-0.2, -0.15) is 0 Å². The van der Waals surface area contributed by atoms with Gasteiger partial charge in [0.2, 0.25) is 0 Å². The molecular weight excluding hydrogens is 124 g/mol. The van der Waals surface area contributed by atoms with Crippen molar-refractivity contribution >= 4 is 22.6 Å². The van der Waals surface area contributed by atoms with Crippen molar-refractivity contribution in [1.29, 1.82) is 0 Å². The van der Waals surface area contributed by atoms with Gasteiger partial charge in [-0.1, -0.05) is 0 Å². The molecule has 0 bridgehead atoms. The van der Waals surface area contributed by atoms with E-state index in [0.717, 1.165) is 0 Å². The summed E-state index contributed by atoms with van der Waals surface area (Å²) < 4.78 is 0. The highest BCUT2D eigenvalue weighted by atomic mass is 15.0. The molecule has 0 aromatic heterocycles. The van der Waals surface area contributed by atoms with Crippen LogP contribution in [0.1, 0.15) is 0 Å². The van der Waals surface area contributed by atoms with Gasteiger partial charge in [0.05, 0.1) is 0 Å². The Balaban J connectivity index is 0.000000180. The number of nitrogens with one attached hydrogen (secondary N) is 3. The van der Waals surface area contributed by atoms with Crippen LogP contribution in [0.5, 0.6) is 0 Å². The normalized spacial score (nSPS) is 15.6. The molecule has 0 atom stereocenters. The van der Waals surface area contributed by atoms with E-state index in [2.05, 4.69) is 15.4 Å². The highest BCUT2D eigenvalue weighted by Crippen LogP contribution is 1.48. The molecule has 4 nitrogen and oxygen atoms in total. The summed E-state index contributed by atoms with van der Waals surface area (Å²) in [6.07, 6.45) is 0. The Labute approximate surface area is 65.0 Å². The van der Waals surface area contributed by atoms with Crippen molar-refractivity contribution < 1.29 is 0 Å². The van der Waals surface area contributed by atoms with Crippen molar-refractivity contribution in [2.24, 2.45) is 0 Å². The van der Waals surface area contributed by atoms with E-state index in [9.17, 15) is 0 Å². The number of hydrogen-bond acceptors (Lipinski definition) is 4. The van der Waals surface area contributed by atoms with Crippen molar-refractivity contribution in [2.75, 3.05) is 21.1 Å². The third-order valence-corrected chi connectivity index (χ3v) is 0.500. The van der Waals surface area contributed by atoms with Gasteiger partial charge in [-0.3, -0.25) is 0 Å². The second kappa shape index (κ2) is 7.15. The highest BCUT2D eigenvalue weighted by Gasteiger charge is 1.98. The van der Waals surface area contributed by atoms with Crippen molar-refractivity contribution in [3.05, 3.63) is 0 Å². The van der Waals surface area contributed by atoms with Crippen LogP contribution < -0.4 is 15.4 Å². The molecule has 10 heavy (non-hydrogen) atoms. The van der Waals surface area contributed by atoms with Crippen LogP contribution in [0.15, 0.2) is 0 Å². The second-order valence-electron chi connectivity index (χ2n) is 2.27. The first-order valence-electron chi connectivity index (χ1n) is 3.07. The standard InChI is InChI=1S/C3H9N.B3H3N3/c1-4(2)3;1-4-2-6-3-5-1/h1-3H3;4-6H. The summed E-state index contributed by atoms with van der Waals surface area (Å²) in [6, 6.07) is 0. The van der Waals surface area contributed by atoms with Gasteiger partial charge in [0.15, 0.2) is 0 Å². The number of nitrogens with zero attached hydrogens (tertiary/aromatic N) is 1. The van der Waals surface area contributed by atoms with E-state index >= 15 is 0 Å². The van der Waals surface area contributed by atoms with Crippen LogP contribution in [-0.2, 0) is 0 Å².